The molecule has 3 heteroatoms. The first-order chi connectivity index (χ1) is 6.73. The molecule has 0 aromatic rings. The van der Waals surface area contributed by atoms with Gasteiger partial charge in [0.15, 0.2) is 0 Å². The summed E-state index contributed by atoms with van der Waals surface area (Å²) >= 11 is 0. The maximum Gasteiger partial charge on any atom is 0.220 e. The minimum atomic E-state index is -0.364. The summed E-state index contributed by atoms with van der Waals surface area (Å²) in [5, 5.41) is 12.5. The van der Waals surface area contributed by atoms with Crippen LogP contribution < -0.4 is 5.32 Å². The largest absolute Gasteiger partial charge is 0.393 e. The van der Waals surface area contributed by atoms with E-state index in [1.165, 1.54) is 0 Å². The fraction of sp³-hybridized carbons (Fsp3) is 0.917. The van der Waals surface area contributed by atoms with Crippen LogP contribution in [0.3, 0.4) is 0 Å². The summed E-state index contributed by atoms with van der Waals surface area (Å²) in [6.07, 6.45) is 0.815. The highest BCUT2D eigenvalue weighted by molar-refractivity contribution is 5.75. The molecular weight excluding hydrogens is 190 g/mol. The lowest BCUT2D eigenvalue weighted by atomic mass is 9.87. The molecule has 0 aromatic heterocycles. The second kappa shape index (κ2) is 6.11. The number of hydrogen-bond donors (Lipinski definition) is 2. The van der Waals surface area contributed by atoms with Crippen LogP contribution in [0.4, 0.5) is 0 Å². The summed E-state index contributed by atoms with van der Waals surface area (Å²) in [4.78, 5) is 11.3. The van der Waals surface area contributed by atoms with Gasteiger partial charge in [0, 0.05) is 13.0 Å². The van der Waals surface area contributed by atoms with Gasteiger partial charge in [0.25, 0.3) is 0 Å². The van der Waals surface area contributed by atoms with Gasteiger partial charge in [0.05, 0.1) is 6.10 Å². The number of amides is 1. The molecular formula is C12H25NO2. The lowest BCUT2D eigenvalue weighted by Gasteiger charge is -2.25. The zero-order valence-electron chi connectivity index (χ0n) is 10.6. The van der Waals surface area contributed by atoms with Gasteiger partial charge in [-0.1, -0.05) is 34.6 Å². The first-order valence-corrected chi connectivity index (χ1v) is 5.68. The van der Waals surface area contributed by atoms with Crippen molar-refractivity contribution in [3.05, 3.63) is 0 Å². The Kier molecular flexibility index (Phi) is 5.88. The van der Waals surface area contributed by atoms with E-state index in [1.54, 1.807) is 0 Å². The number of nitrogens with one attached hydrogen (secondary N) is 1. The summed E-state index contributed by atoms with van der Waals surface area (Å²) < 4.78 is 0. The molecule has 1 amide bonds. The molecule has 0 heterocycles. The van der Waals surface area contributed by atoms with E-state index in [1.807, 2.05) is 34.6 Å². The summed E-state index contributed by atoms with van der Waals surface area (Å²) in [6, 6.07) is 0. The number of carbonyl (C=O) groups excluding carboxylic acids is 1. The summed E-state index contributed by atoms with van der Waals surface area (Å²) in [5.41, 5.74) is -0.108. The maximum absolute atomic E-state index is 11.3. The van der Waals surface area contributed by atoms with Crippen molar-refractivity contribution in [1.29, 1.82) is 0 Å². The van der Waals surface area contributed by atoms with E-state index < -0.39 is 0 Å². The van der Waals surface area contributed by atoms with Crippen molar-refractivity contribution in [2.75, 3.05) is 6.54 Å². The Balaban J connectivity index is 3.67. The SMILES string of the molecule is CC(C)CC(=O)NCCC(O)C(C)(C)C. The molecule has 0 aliphatic heterocycles. The van der Waals surface area contributed by atoms with Crippen LogP contribution in [0.1, 0.15) is 47.5 Å². The zero-order valence-corrected chi connectivity index (χ0v) is 10.6. The topological polar surface area (TPSA) is 49.3 Å². The second-order valence-corrected chi connectivity index (χ2v) is 5.62. The molecule has 0 radical (unpaired) electrons. The normalized spacial score (nSPS) is 14.1. The van der Waals surface area contributed by atoms with Gasteiger partial charge < -0.3 is 10.4 Å². The molecule has 90 valence electrons. The lowest BCUT2D eigenvalue weighted by molar-refractivity contribution is -0.121. The molecule has 15 heavy (non-hydrogen) atoms. The molecule has 1 atom stereocenters. The lowest BCUT2D eigenvalue weighted by Crippen LogP contribution is -2.32. The fourth-order valence-corrected chi connectivity index (χ4v) is 1.22. The second-order valence-electron chi connectivity index (χ2n) is 5.62. The molecule has 0 aliphatic rings. The minimum Gasteiger partial charge on any atom is -0.393 e. The summed E-state index contributed by atoms with van der Waals surface area (Å²) in [7, 11) is 0. The van der Waals surface area contributed by atoms with Crippen LogP contribution in [0.2, 0.25) is 0 Å². The van der Waals surface area contributed by atoms with Crippen molar-refractivity contribution < 1.29 is 9.90 Å². The Bertz CT molecular complexity index is 194. The van der Waals surface area contributed by atoms with Gasteiger partial charge in [-0.15, -0.1) is 0 Å². The zero-order chi connectivity index (χ0) is 12.1. The molecule has 1 unspecified atom stereocenters. The number of aliphatic hydroxyl groups is 1. The molecule has 0 saturated heterocycles. The fourth-order valence-electron chi connectivity index (χ4n) is 1.22. The number of hydrogen-bond acceptors (Lipinski definition) is 2. The van der Waals surface area contributed by atoms with Gasteiger partial charge in [0.2, 0.25) is 5.91 Å². The van der Waals surface area contributed by atoms with Crippen LogP contribution in [0.25, 0.3) is 0 Å². The smallest absolute Gasteiger partial charge is 0.220 e. The van der Waals surface area contributed by atoms with Gasteiger partial charge in [0.1, 0.15) is 0 Å². The Morgan fingerprint density at radius 3 is 2.27 bits per heavy atom. The van der Waals surface area contributed by atoms with Crippen LogP contribution in [0.15, 0.2) is 0 Å². The van der Waals surface area contributed by atoms with Gasteiger partial charge >= 0.3 is 0 Å². The standard InChI is InChI=1S/C12H25NO2/c1-9(2)8-11(15)13-7-6-10(14)12(3,4)5/h9-10,14H,6-8H2,1-5H3,(H,13,15). The number of carbonyl (C=O) groups is 1. The van der Waals surface area contributed by atoms with Crippen molar-refractivity contribution >= 4 is 5.91 Å². The molecule has 0 aliphatic carbocycles. The van der Waals surface area contributed by atoms with Crippen LogP contribution in [0.5, 0.6) is 0 Å². The van der Waals surface area contributed by atoms with Crippen LogP contribution in [0, 0.1) is 11.3 Å². The maximum atomic E-state index is 11.3. The first kappa shape index (κ1) is 14.4. The van der Waals surface area contributed by atoms with Gasteiger partial charge in [-0.2, -0.15) is 0 Å². The third-order valence-electron chi connectivity index (χ3n) is 2.33. The van der Waals surface area contributed by atoms with E-state index in [0.29, 0.717) is 25.3 Å². The van der Waals surface area contributed by atoms with Crippen molar-refractivity contribution in [2.45, 2.75) is 53.6 Å². The van der Waals surface area contributed by atoms with Gasteiger partial charge in [-0.05, 0) is 17.8 Å². The summed E-state index contributed by atoms with van der Waals surface area (Å²) in [6.45, 7) is 10.6. The molecule has 0 fully saturated rings. The predicted octanol–water partition coefficient (Wildman–Crippen LogP) is 1.95. The van der Waals surface area contributed by atoms with Crippen LogP contribution >= 0.6 is 0 Å². The van der Waals surface area contributed by atoms with Crippen molar-refractivity contribution in [3.63, 3.8) is 0 Å². The molecule has 3 nitrogen and oxygen atoms in total. The minimum absolute atomic E-state index is 0.0751. The Morgan fingerprint density at radius 1 is 1.33 bits per heavy atom. The Morgan fingerprint density at radius 2 is 1.87 bits per heavy atom. The van der Waals surface area contributed by atoms with Crippen molar-refractivity contribution in [3.8, 4) is 0 Å². The molecule has 0 bridgehead atoms. The highest BCUT2D eigenvalue weighted by Gasteiger charge is 2.21. The first-order valence-electron chi connectivity index (χ1n) is 5.68. The molecule has 0 spiro atoms. The average Bonchev–Trinajstić information content (AvgIpc) is 2.00. The number of rotatable bonds is 5. The Hall–Kier alpha value is -0.570. The van der Waals surface area contributed by atoms with E-state index in [-0.39, 0.29) is 17.4 Å². The molecule has 0 saturated carbocycles. The highest BCUT2D eigenvalue weighted by atomic mass is 16.3. The van der Waals surface area contributed by atoms with E-state index in [0.717, 1.165) is 0 Å². The quantitative estimate of drug-likeness (QED) is 0.736. The van der Waals surface area contributed by atoms with E-state index in [2.05, 4.69) is 5.32 Å². The summed E-state index contributed by atoms with van der Waals surface area (Å²) in [5.74, 6) is 0.462. The molecule has 0 aromatic carbocycles. The van der Waals surface area contributed by atoms with E-state index in [4.69, 9.17) is 0 Å². The van der Waals surface area contributed by atoms with E-state index >= 15 is 0 Å². The molecule has 0 rings (SSSR count). The predicted molar refractivity (Wildman–Crippen MR) is 62.5 cm³/mol. The van der Waals surface area contributed by atoms with E-state index in [9.17, 15) is 9.90 Å². The third kappa shape index (κ3) is 7.37. The van der Waals surface area contributed by atoms with Crippen LogP contribution in [-0.2, 0) is 4.79 Å². The van der Waals surface area contributed by atoms with Crippen LogP contribution in [-0.4, -0.2) is 23.7 Å². The monoisotopic (exact) mass is 215 g/mol. The van der Waals surface area contributed by atoms with Crippen molar-refractivity contribution in [1.82, 2.24) is 5.32 Å². The Labute approximate surface area is 93.3 Å². The highest BCUT2D eigenvalue weighted by Crippen LogP contribution is 2.20. The molecule has 2 N–H and O–H groups in total. The van der Waals surface area contributed by atoms with Gasteiger partial charge in [-0.3, -0.25) is 4.79 Å². The third-order valence-corrected chi connectivity index (χ3v) is 2.33. The van der Waals surface area contributed by atoms with Gasteiger partial charge in [-0.25, -0.2) is 0 Å². The van der Waals surface area contributed by atoms with Crippen molar-refractivity contribution in [2.24, 2.45) is 11.3 Å². The average molecular weight is 215 g/mol. The number of aliphatic hydroxyl groups excluding tert-OH is 1.